The molecule has 4 heteroatoms. The Morgan fingerprint density at radius 3 is 2.21 bits per heavy atom. The van der Waals surface area contributed by atoms with Crippen LogP contribution in [0.1, 0.15) is 12.8 Å². The molecule has 3 atom stereocenters. The number of carbonyl (C=O) groups excluding carboxylic acids is 1. The summed E-state index contributed by atoms with van der Waals surface area (Å²) in [6.45, 7) is 0. The standard InChI is InChI=1S/C10H13Br3O/c11-3-7-5-1-9(13)10(14)2-6(7)8(5)4-12/h5-9H,1-4H2/t5?,6?,7-,8-,9+/m1/s1. The SMILES string of the molecule is O=C1CC2[C@H](CBr)C(C[C@@H]1Br)[C@H]2CBr. The average molecular weight is 389 g/mol. The van der Waals surface area contributed by atoms with Crippen molar-refractivity contribution in [2.75, 3.05) is 10.7 Å². The second-order valence-corrected chi connectivity index (χ2v) is 6.74. The van der Waals surface area contributed by atoms with Gasteiger partial charge in [0.25, 0.3) is 0 Å². The molecule has 3 aliphatic rings. The predicted molar refractivity (Wildman–Crippen MR) is 68.5 cm³/mol. The highest BCUT2D eigenvalue weighted by Gasteiger charge is 2.52. The fourth-order valence-electron chi connectivity index (χ4n) is 2.97. The van der Waals surface area contributed by atoms with Crippen molar-refractivity contribution in [3.63, 3.8) is 0 Å². The van der Waals surface area contributed by atoms with Crippen LogP contribution in [0.25, 0.3) is 0 Å². The molecule has 3 fully saturated rings. The molecule has 0 spiro atoms. The van der Waals surface area contributed by atoms with E-state index in [1.807, 2.05) is 0 Å². The molecule has 14 heavy (non-hydrogen) atoms. The van der Waals surface area contributed by atoms with Crippen LogP contribution < -0.4 is 0 Å². The molecule has 0 amide bonds. The van der Waals surface area contributed by atoms with Crippen LogP contribution in [0.3, 0.4) is 0 Å². The van der Waals surface area contributed by atoms with Gasteiger partial charge in [-0.1, -0.05) is 47.8 Å². The highest BCUT2D eigenvalue weighted by Crippen LogP contribution is 2.54. The summed E-state index contributed by atoms with van der Waals surface area (Å²) >= 11 is 10.6. The lowest BCUT2D eigenvalue weighted by molar-refractivity contribution is -0.119. The summed E-state index contributed by atoms with van der Waals surface area (Å²) < 4.78 is 0. The molecule has 3 saturated carbocycles. The Kier molecular flexibility index (Phi) is 3.76. The number of halogens is 3. The minimum absolute atomic E-state index is 0.114. The molecule has 0 saturated heterocycles. The molecule has 1 nitrogen and oxygen atoms in total. The number of ketones is 1. The zero-order chi connectivity index (χ0) is 10.3. The van der Waals surface area contributed by atoms with Gasteiger partial charge in [-0.15, -0.1) is 0 Å². The minimum Gasteiger partial charge on any atom is -0.298 e. The molecule has 0 aromatic rings. The van der Waals surface area contributed by atoms with Crippen molar-refractivity contribution in [2.24, 2.45) is 23.7 Å². The number of rotatable bonds is 2. The van der Waals surface area contributed by atoms with Crippen LogP contribution in [-0.2, 0) is 4.79 Å². The fourth-order valence-corrected chi connectivity index (χ4v) is 5.50. The largest absolute Gasteiger partial charge is 0.298 e. The Morgan fingerprint density at radius 1 is 1.14 bits per heavy atom. The third-order valence-electron chi connectivity index (χ3n) is 3.82. The van der Waals surface area contributed by atoms with E-state index in [0.29, 0.717) is 11.7 Å². The Bertz CT molecular complexity index is 232. The molecule has 0 unspecified atom stereocenters. The van der Waals surface area contributed by atoms with E-state index in [1.165, 1.54) is 0 Å². The first-order valence-corrected chi connectivity index (χ1v) is 8.13. The van der Waals surface area contributed by atoms with Crippen molar-refractivity contribution in [1.82, 2.24) is 0 Å². The maximum atomic E-state index is 11.7. The second kappa shape index (κ2) is 4.54. The van der Waals surface area contributed by atoms with E-state index >= 15 is 0 Å². The van der Waals surface area contributed by atoms with Crippen molar-refractivity contribution < 1.29 is 4.79 Å². The molecular weight excluding hydrogens is 376 g/mol. The van der Waals surface area contributed by atoms with Gasteiger partial charge in [0.2, 0.25) is 0 Å². The second-order valence-electron chi connectivity index (χ2n) is 4.34. The van der Waals surface area contributed by atoms with Crippen molar-refractivity contribution in [2.45, 2.75) is 17.7 Å². The zero-order valence-corrected chi connectivity index (χ0v) is 12.5. The normalized spacial score (nSPS) is 47.1. The molecule has 0 N–H and O–H groups in total. The zero-order valence-electron chi connectivity index (χ0n) is 7.76. The Morgan fingerprint density at radius 2 is 1.71 bits per heavy atom. The number of hydrogen-bond donors (Lipinski definition) is 0. The van der Waals surface area contributed by atoms with E-state index < -0.39 is 0 Å². The number of hydrogen-bond acceptors (Lipinski definition) is 1. The summed E-state index contributed by atoms with van der Waals surface area (Å²) in [4.78, 5) is 11.8. The molecular formula is C10H13Br3O. The average Bonchev–Trinajstić information content (AvgIpc) is 2.35. The minimum atomic E-state index is 0.114. The topological polar surface area (TPSA) is 17.1 Å². The molecule has 0 radical (unpaired) electrons. The van der Waals surface area contributed by atoms with Gasteiger partial charge < -0.3 is 0 Å². The van der Waals surface area contributed by atoms with E-state index in [4.69, 9.17) is 0 Å². The van der Waals surface area contributed by atoms with Crippen LogP contribution in [0, 0.1) is 23.7 Å². The predicted octanol–water partition coefficient (Wildman–Crippen LogP) is 3.38. The molecule has 0 aliphatic heterocycles. The number of alkyl halides is 3. The first kappa shape index (κ1) is 11.6. The summed E-state index contributed by atoms with van der Waals surface area (Å²) in [6.07, 6.45) is 1.81. The lowest BCUT2D eigenvalue weighted by atomic mass is 9.57. The van der Waals surface area contributed by atoms with Crippen LogP contribution in [-0.4, -0.2) is 21.3 Å². The van der Waals surface area contributed by atoms with Gasteiger partial charge in [0.15, 0.2) is 0 Å². The molecule has 3 rings (SSSR count). The highest BCUT2D eigenvalue weighted by atomic mass is 79.9. The van der Waals surface area contributed by atoms with Crippen LogP contribution in [0.2, 0.25) is 0 Å². The summed E-state index contributed by atoms with van der Waals surface area (Å²) in [5.74, 6) is 3.21. The van der Waals surface area contributed by atoms with Crippen molar-refractivity contribution in [3.8, 4) is 0 Å². The maximum absolute atomic E-state index is 11.7. The molecule has 0 aromatic heterocycles. The van der Waals surface area contributed by atoms with Crippen LogP contribution in [0.15, 0.2) is 0 Å². The lowest BCUT2D eigenvalue weighted by Gasteiger charge is -2.49. The third kappa shape index (κ3) is 1.75. The quantitative estimate of drug-likeness (QED) is 0.663. The summed E-state index contributed by atoms with van der Waals surface area (Å²) in [6, 6.07) is 0. The van der Waals surface area contributed by atoms with Gasteiger partial charge in [-0.05, 0) is 30.1 Å². The summed E-state index contributed by atoms with van der Waals surface area (Å²) in [7, 11) is 0. The van der Waals surface area contributed by atoms with E-state index in [-0.39, 0.29) is 4.83 Å². The third-order valence-corrected chi connectivity index (χ3v) is 6.20. The highest BCUT2D eigenvalue weighted by molar-refractivity contribution is 9.10. The number of carbonyl (C=O) groups is 1. The first-order chi connectivity index (χ1) is 6.69. The van der Waals surface area contributed by atoms with Gasteiger partial charge in [0, 0.05) is 17.1 Å². The molecule has 80 valence electrons. The van der Waals surface area contributed by atoms with Crippen molar-refractivity contribution in [1.29, 1.82) is 0 Å². The smallest absolute Gasteiger partial charge is 0.146 e. The van der Waals surface area contributed by atoms with Gasteiger partial charge in [0.05, 0.1) is 4.83 Å². The Labute approximate surface area is 110 Å². The fraction of sp³-hybridized carbons (Fsp3) is 0.900. The molecule has 0 heterocycles. The van der Waals surface area contributed by atoms with Gasteiger partial charge in [-0.2, -0.15) is 0 Å². The van der Waals surface area contributed by atoms with Crippen molar-refractivity contribution in [3.05, 3.63) is 0 Å². The monoisotopic (exact) mass is 386 g/mol. The lowest BCUT2D eigenvalue weighted by Crippen LogP contribution is -2.47. The van der Waals surface area contributed by atoms with E-state index in [1.54, 1.807) is 0 Å². The van der Waals surface area contributed by atoms with Crippen LogP contribution in [0.4, 0.5) is 0 Å². The first-order valence-electron chi connectivity index (χ1n) is 4.97. The van der Waals surface area contributed by atoms with Crippen LogP contribution in [0.5, 0.6) is 0 Å². The molecule has 2 bridgehead atoms. The Hall–Kier alpha value is 1.11. The molecule has 3 aliphatic carbocycles. The van der Waals surface area contributed by atoms with Gasteiger partial charge in [-0.3, -0.25) is 4.79 Å². The Balaban J connectivity index is 2.16. The van der Waals surface area contributed by atoms with E-state index in [2.05, 4.69) is 47.8 Å². The van der Waals surface area contributed by atoms with Crippen LogP contribution >= 0.6 is 47.8 Å². The van der Waals surface area contributed by atoms with Gasteiger partial charge in [-0.25, -0.2) is 0 Å². The summed E-state index contributed by atoms with van der Waals surface area (Å²) in [5, 5.41) is 2.11. The van der Waals surface area contributed by atoms with E-state index in [9.17, 15) is 4.79 Å². The number of fused-ring (bicyclic) bond motifs is 3. The molecule has 0 aromatic carbocycles. The summed E-state index contributed by atoms with van der Waals surface area (Å²) in [5.41, 5.74) is 0. The maximum Gasteiger partial charge on any atom is 0.146 e. The van der Waals surface area contributed by atoms with Gasteiger partial charge in [0.1, 0.15) is 5.78 Å². The van der Waals surface area contributed by atoms with Gasteiger partial charge >= 0.3 is 0 Å². The van der Waals surface area contributed by atoms with Crippen molar-refractivity contribution >= 4 is 53.6 Å². The number of Topliss-reactive ketones (excluding diaryl/α,β-unsaturated/α-hetero) is 1. The van der Waals surface area contributed by atoms with E-state index in [0.717, 1.165) is 41.3 Å².